The van der Waals surface area contributed by atoms with Crippen LogP contribution < -0.4 is 15.4 Å². The molecule has 0 unspecified atom stereocenters. The first-order valence-electron chi connectivity index (χ1n) is 9.18. The van der Waals surface area contributed by atoms with E-state index in [1.807, 2.05) is 26.8 Å². The number of nitrogens with zero attached hydrogens (tertiary/aromatic N) is 1. The third kappa shape index (κ3) is 4.82. The fourth-order valence-corrected chi connectivity index (χ4v) is 2.86. The molecule has 7 heteroatoms. The first-order chi connectivity index (χ1) is 13.8. The number of aromatic nitrogens is 1. The van der Waals surface area contributed by atoms with Crippen LogP contribution in [0.3, 0.4) is 0 Å². The Bertz CT molecular complexity index is 1040. The Hall–Kier alpha value is -3.61. The number of aryl methyl sites for hydroxylation is 3. The van der Waals surface area contributed by atoms with Gasteiger partial charge in [0.05, 0.1) is 16.8 Å². The van der Waals surface area contributed by atoms with Gasteiger partial charge >= 0.3 is 0 Å². The summed E-state index contributed by atoms with van der Waals surface area (Å²) >= 11 is 0. The number of carbonyl (C=O) groups excluding carboxylic acids is 2. The van der Waals surface area contributed by atoms with Crippen molar-refractivity contribution in [3.63, 3.8) is 0 Å². The predicted octanol–water partition coefficient (Wildman–Crippen LogP) is 4.39. The van der Waals surface area contributed by atoms with Crippen LogP contribution in [0.4, 0.5) is 11.4 Å². The van der Waals surface area contributed by atoms with Crippen molar-refractivity contribution in [3.8, 4) is 5.75 Å². The van der Waals surface area contributed by atoms with E-state index >= 15 is 0 Å². The van der Waals surface area contributed by atoms with Crippen LogP contribution in [-0.4, -0.2) is 17.0 Å². The van der Waals surface area contributed by atoms with Crippen LogP contribution in [0.25, 0.3) is 0 Å². The number of benzene rings is 2. The Morgan fingerprint density at radius 3 is 2.52 bits per heavy atom. The van der Waals surface area contributed by atoms with Crippen LogP contribution in [0.1, 0.15) is 39.9 Å². The molecule has 0 fully saturated rings. The molecule has 0 spiro atoms. The van der Waals surface area contributed by atoms with Crippen molar-refractivity contribution < 1.29 is 18.8 Å². The lowest BCUT2D eigenvalue weighted by molar-refractivity contribution is -0.114. The third-order valence-electron chi connectivity index (χ3n) is 4.49. The van der Waals surface area contributed by atoms with Gasteiger partial charge in [0.25, 0.3) is 5.91 Å². The average Bonchev–Trinajstić information content (AvgIpc) is 3.00. The van der Waals surface area contributed by atoms with Gasteiger partial charge in [-0.05, 0) is 50.6 Å². The normalized spacial score (nSPS) is 10.5. The van der Waals surface area contributed by atoms with Gasteiger partial charge in [0.15, 0.2) is 0 Å². The highest BCUT2D eigenvalue weighted by molar-refractivity contribution is 6.06. The summed E-state index contributed by atoms with van der Waals surface area (Å²) in [6, 6.07) is 12.4. The van der Waals surface area contributed by atoms with Gasteiger partial charge in [-0.2, -0.15) is 0 Å². The number of anilines is 2. The molecule has 3 rings (SSSR count). The molecule has 2 amide bonds. The van der Waals surface area contributed by atoms with Crippen molar-refractivity contribution in [2.24, 2.45) is 0 Å². The average molecular weight is 393 g/mol. The summed E-state index contributed by atoms with van der Waals surface area (Å²) in [7, 11) is 0. The molecule has 0 aliphatic carbocycles. The van der Waals surface area contributed by atoms with Crippen LogP contribution >= 0.6 is 0 Å². The smallest absolute Gasteiger partial charge is 0.259 e. The number of nitrogens with one attached hydrogen (secondary N) is 2. The van der Waals surface area contributed by atoms with Crippen LogP contribution in [-0.2, 0) is 11.4 Å². The van der Waals surface area contributed by atoms with E-state index in [1.165, 1.54) is 6.92 Å². The fraction of sp³-hybridized carbons (Fsp3) is 0.227. The first-order valence-corrected chi connectivity index (χ1v) is 9.18. The zero-order valence-corrected chi connectivity index (χ0v) is 16.8. The van der Waals surface area contributed by atoms with Gasteiger partial charge in [0.1, 0.15) is 18.1 Å². The van der Waals surface area contributed by atoms with E-state index in [4.69, 9.17) is 9.26 Å². The molecule has 3 aromatic rings. The highest BCUT2D eigenvalue weighted by Crippen LogP contribution is 2.24. The molecule has 0 aliphatic heterocycles. The topological polar surface area (TPSA) is 93.5 Å². The Morgan fingerprint density at radius 1 is 1.07 bits per heavy atom. The number of hydrogen-bond acceptors (Lipinski definition) is 5. The quantitative estimate of drug-likeness (QED) is 0.648. The maximum absolute atomic E-state index is 12.8. The van der Waals surface area contributed by atoms with Gasteiger partial charge in [-0.15, -0.1) is 0 Å². The van der Waals surface area contributed by atoms with Gasteiger partial charge in [0.2, 0.25) is 5.91 Å². The summed E-state index contributed by atoms with van der Waals surface area (Å²) in [5.41, 5.74) is 4.15. The summed E-state index contributed by atoms with van der Waals surface area (Å²) in [5.74, 6) is 0.667. The standard InChI is InChI=1S/C22H23N3O4/c1-13-9-10-17(11-20(13)23-16(4)26)24-22(27)18-7-5-6-8-21(18)28-12-19-14(2)25-29-15(19)3/h5-11H,12H2,1-4H3,(H,23,26)(H,24,27). The third-order valence-corrected chi connectivity index (χ3v) is 4.49. The van der Waals surface area contributed by atoms with Crippen molar-refractivity contribution in [2.45, 2.75) is 34.3 Å². The zero-order chi connectivity index (χ0) is 21.0. The van der Waals surface area contributed by atoms with Crippen LogP contribution in [0.2, 0.25) is 0 Å². The maximum atomic E-state index is 12.8. The molecule has 2 N–H and O–H groups in total. The van der Waals surface area contributed by atoms with E-state index < -0.39 is 0 Å². The second kappa shape index (κ2) is 8.60. The van der Waals surface area contributed by atoms with Crippen LogP contribution in [0.15, 0.2) is 47.0 Å². The number of carbonyl (C=O) groups is 2. The lowest BCUT2D eigenvalue weighted by Gasteiger charge is -2.13. The molecule has 0 bridgehead atoms. The molecular weight excluding hydrogens is 370 g/mol. The minimum atomic E-state index is -0.308. The molecule has 0 atom stereocenters. The van der Waals surface area contributed by atoms with E-state index in [2.05, 4.69) is 15.8 Å². The molecule has 0 saturated heterocycles. The number of para-hydroxylation sites is 1. The largest absolute Gasteiger partial charge is 0.488 e. The molecule has 7 nitrogen and oxygen atoms in total. The summed E-state index contributed by atoms with van der Waals surface area (Å²) in [6.07, 6.45) is 0. The summed E-state index contributed by atoms with van der Waals surface area (Å²) in [6.45, 7) is 7.24. The van der Waals surface area contributed by atoms with Crippen molar-refractivity contribution >= 4 is 23.2 Å². The van der Waals surface area contributed by atoms with Gasteiger partial charge in [-0.3, -0.25) is 9.59 Å². The van der Waals surface area contributed by atoms with E-state index in [1.54, 1.807) is 36.4 Å². The Labute approximate surface area is 169 Å². The highest BCUT2D eigenvalue weighted by Gasteiger charge is 2.15. The molecule has 150 valence electrons. The van der Waals surface area contributed by atoms with Crippen LogP contribution in [0, 0.1) is 20.8 Å². The molecule has 0 radical (unpaired) electrons. The lowest BCUT2D eigenvalue weighted by atomic mass is 10.1. The van der Waals surface area contributed by atoms with E-state index in [-0.39, 0.29) is 18.4 Å². The molecule has 1 heterocycles. The first kappa shape index (κ1) is 20.1. The monoisotopic (exact) mass is 393 g/mol. The number of amides is 2. The van der Waals surface area contributed by atoms with Gasteiger partial charge in [-0.25, -0.2) is 0 Å². The molecule has 1 aromatic heterocycles. The van der Waals surface area contributed by atoms with Gasteiger partial charge < -0.3 is 19.9 Å². The molecule has 2 aromatic carbocycles. The molecule has 0 saturated carbocycles. The second-order valence-electron chi connectivity index (χ2n) is 6.75. The minimum absolute atomic E-state index is 0.172. The van der Waals surface area contributed by atoms with Crippen LogP contribution in [0.5, 0.6) is 5.75 Å². The Kier molecular flexibility index (Phi) is 5.97. The number of rotatable bonds is 6. The maximum Gasteiger partial charge on any atom is 0.259 e. The lowest BCUT2D eigenvalue weighted by Crippen LogP contribution is -2.14. The summed E-state index contributed by atoms with van der Waals surface area (Å²) in [4.78, 5) is 24.2. The van der Waals surface area contributed by atoms with Crippen molar-refractivity contribution in [2.75, 3.05) is 10.6 Å². The SMILES string of the molecule is CC(=O)Nc1cc(NC(=O)c2ccccc2OCc2c(C)noc2C)ccc1C. The zero-order valence-electron chi connectivity index (χ0n) is 16.8. The predicted molar refractivity (Wildman–Crippen MR) is 110 cm³/mol. The van der Waals surface area contributed by atoms with Crippen molar-refractivity contribution in [1.29, 1.82) is 0 Å². The minimum Gasteiger partial charge on any atom is -0.488 e. The molecule has 29 heavy (non-hydrogen) atoms. The van der Waals surface area contributed by atoms with Crippen molar-refractivity contribution in [1.82, 2.24) is 5.16 Å². The molecule has 0 aliphatic rings. The number of hydrogen-bond donors (Lipinski definition) is 2. The Balaban J connectivity index is 1.77. The molecular formula is C22H23N3O4. The fourth-order valence-electron chi connectivity index (χ4n) is 2.86. The van der Waals surface area contributed by atoms with Crippen molar-refractivity contribution in [3.05, 3.63) is 70.6 Å². The van der Waals surface area contributed by atoms with Gasteiger partial charge in [0, 0.05) is 18.3 Å². The van der Waals surface area contributed by atoms with Gasteiger partial charge in [-0.1, -0.05) is 23.4 Å². The summed E-state index contributed by atoms with van der Waals surface area (Å²) < 4.78 is 11.0. The van der Waals surface area contributed by atoms with E-state index in [9.17, 15) is 9.59 Å². The second-order valence-corrected chi connectivity index (χ2v) is 6.75. The van der Waals surface area contributed by atoms with E-state index in [0.29, 0.717) is 28.4 Å². The number of ether oxygens (including phenoxy) is 1. The Morgan fingerprint density at radius 2 is 1.83 bits per heavy atom. The van der Waals surface area contributed by atoms with E-state index in [0.717, 1.165) is 16.8 Å². The highest BCUT2D eigenvalue weighted by atomic mass is 16.5. The summed E-state index contributed by atoms with van der Waals surface area (Å²) in [5, 5.41) is 9.52.